The number of nitrogens with one attached hydrogen (secondary N) is 1. The Morgan fingerprint density at radius 3 is 2.27 bits per heavy atom. The zero-order valence-corrected chi connectivity index (χ0v) is 15.5. The van der Waals surface area contributed by atoms with Crippen LogP contribution in [0.25, 0.3) is 6.08 Å². The van der Waals surface area contributed by atoms with Crippen molar-refractivity contribution in [2.75, 3.05) is 5.32 Å². The minimum Gasteiger partial charge on any atom is -0.323 e. The Morgan fingerprint density at radius 1 is 1.19 bits per heavy atom. The number of halogens is 4. The van der Waals surface area contributed by atoms with E-state index in [-0.39, 0.29) is 16.1 Å². The van der Waals surface area contributed by atoms with Gasteiger partial charge < -0.3 is 5.32 Å². The molecular weight excluding hydrogens is 367 g/mol. The molecule has 0 saturated heterocycles. The molecule has 0 spiro atoms. The zero-order valence-electron chi connectivity index (χ0n) is 14.8. The van der Waals surface area contributed by atoms with Crippen molar-refractivity contribution in [1.82, 2.24) is 9.78 Å². The molecule has 140 valence electrons. The van der Waals surface area contributed by atoms with Crippen molar-refractivity contribution < 1.29 is 18.0 Å². The maximum Gasteiger partial charge on any atom is 0.435 e. The van der Waals surface area contributed by atoms with Gasteiger partial charge in [0.05, 0.1) is 0 Å². The van der Waals surface area contributed by atoms with E-state index in [2.05, 4.69) is 31.2 Å². The average Bonchev–Trinajstić information content (AvgIpc) is 2.80. The maximum atomic E-state index is 13.0. The number of amides is 1. The molecule has 1 aromatic heterocycles. The van der Waals surface area contributed by atoms with E-state index in [0.29, 0.717) is 5.69 Å². The first kappa shape index (κ1) is 20.0. The minimum absolute atomic E-state index is 0.0203. The predicted molar refractivity (Wildman–Crippen MR) is 96.0 cm³/mol. The number of aromatic nitrogens is 2. The largest absolute Gasteiger partial charge is 0.435 e. The molecule has 1 aromatic carbocycles. The van der Waals surface area contributed by atoms with Crippen LogP contribution < -0.4 is 5.32 Å². The molecule has 26 heavy (non-hydrogen) atoms. The molecule has 0 aliphatic heterocycles. The standard InChI is InChI=1S/C18H19ClF3N3O/c1-17(2,3)11-5-7-12(8-6-11)23-14(26)10-9-13-15(18(20,21)22)24-25(4)16(13)19/h5-10H,1-4H3,(H,23,26). The quantitative estimate of drug-likeness (QED) is 0.752. The van der Waals surface area contributed by atoms with Crippen LogP contribution in [-0.4, -0.2) is 15.7 Å². The van der Waals surface area contributed by atoms with E-state index in [9.17, 15) is 18.0 Å². The smallest absolute Gasteiger partial charge is 0.323 e. The molecule has 0 radical (unpaired) electrons. The second-order valence-electron chi connectivity index (χ2n) is 6.82. The van der Waals surface area contributed by atoms with Crippen molar-refractivity contribution in [2.45, 2.75) is 32.4 Å². The number of hydrogen-bond donors (Lipinski definition) is 1. The normalized spacial score (nSPS) is 12.6. The fourth-order valence-corrected chi connectivity index (χ4v) is 2.46. The first-order chi connectivity index (χ1) is 11.9. The lowest BCUT2D eigenvalue weighted by molar-refractivity contribution is -0.141. The number of benzene rings is 1. The van der Waals surface area contributed by atoms with Crippen LogP contribution >= 0.6 is 11.6 Å². The van der Waals surface area contributed by atoms with E-state index in [1.165, 1.54) is 7.05 Å². The van der Waals surface area contributed by atoms with Crippen LogP contribution in [0.5, 0.6) is 0 Å². The van der Waals surface area contributed by atoms with E-state index in [4.69, 9.17) is 11.6 Å². The molecule has 1 amide bonds. The number of anilines is 1. The fourth-order valence-electron chi connectivity index (χ4n) is 2.27. The molecule has 0 atom stereocenters. The zero-order chi connectivity index (χ0) is 19.7. The van der Waals surface area contributed by atoms with Gasteiger partial charge >= 0.3 is 6.18 Å². The molecule has 0 saturated carbocycles. The molecule has 0 fully saturated rings. The van der Waals surface area contributed by atoms with E-state index in [0.717, 1.165) is 22.4 Å². The van der Waals surface area contributed by atoms with Crippen molar-refractivity contribution in [1.29, 1.82) is 0 Å². The summed E-state index contributed by atoms with van der Waals surface area (Å²) in [5.74, 6) is -0.568. The first-order valence-corrected chi connectivity index (χ1v) is 8.16. The number of carbonyl (C=O) groups excluding carboxylic acids is 1. The molecule has 0 bridgehead atoms. The van der Waals surface area contributed by atoms with Crippen molar-refractivity contribution in [3.8, 4) is 0 Å². The summed E-state index contributed by atoms with van der Waals surface area (Å²) in [7, 11) is 1.30. The number of aryl methyl sites for hydroxylation is 1. The minimum atomic E-state index is -4.66. The summed E-state index contributed by atoms with van der Waals surface area (Å²) < 4.78 is 39.8. The lowest BCUT2D eigenvalue weighted by Crippen LogP contribution is -2.12. The topological polar surface area (TPSA) is 46.9 Å². The molecule has 8 heteroatoms. The highest BCUT2D eigenvalue weighted by Crippen LogP contribution is 2.34. The van der Waals surface area contributed by atoms with Crippen molar-refractivity contribution in [3.63, 3.8) is 0 Å². The number of nitrogens with zero attached hydrogens (tertiary/aromatic N) is 2. The molecule has 2 aromatic rings. The second kappa shape index (κ2) is 7.15. The number of alkyl halides is 3. The van der Waals surface area contributed by atoms with Crippen LogP contribution in [0.2, 0.25) is 5.15 Å². The summed E-state index contributed by atoms with van der Waals surface area (Å²) in [5, 5.41) is 5.75. The third kappa shape index (κ3) is 4.66. The maximum absolute atomic E-state index is 13.0. The Hall–Kier alpha value is -2.28. The lowest BCUT2D eigenvalue weighted by Gasteiger charge is -2.19. The highest BCUT2D eigenvalue weighted by Gasteiger charge is 2.38. The summed E-state index contributed by atoms with van der Waals surface area (Å²) in [6, 6.07) is 7.26. The van der Waals surface area contributed by atoms with Gasteiger partial charge in [0, 0.05) is 24.4 Å². The number of rotatable bonds is 3. The van der Waals surface area contributed by atoms with Crippen LogP contribution in [0.4, 0.5) is 18.9 Å². The molecule has 0 unspecified atom stereocenters. The van der Waals surface area contributed by atoms with Gasteiger partial charge in [0.25, 0.3) is 0 Å². The third-order valence-corrected chi connectivity index (χ3v) is 4.15. The summed E-state index contributed by atoms with van der Waals surface area (Å²) >= 11 is 5.84. The van der Waals surface area contributed by atoms with Crippen LogP contribution in [0.1, 0.15) is 37.6 Å². The molecule has 1 heterocycles. The second-order valence-corrected chi connectivity index (χ2v) is 7.18. The summed E-state index contributed by atoms with van der Waals surface area (Å²) in [5.41, 5.74) is 0.139. The third-order valence-electron chi connectivity index (χ3n) is 3.70. The Balaban J connectivity index is 2.16. The van der Waals surface area contributed by atoms with Crippen LogP contribution in [0, 0.1) is 0 Å². The van der Waals surface area contributed by atoms with Crippen LogP contribution in [0.15, 0.2) is 30.3 Å². The molecule has 2 rings (SSSR count). The Kier molecular flexibility index (Phi) is 5.51. The lowest BCUT2D eigenvalue weighted by atomic mass is 9.87. The molecule has 4 nitrogen and oxygen atoms in total. The average molecular weight is 386 g/mol. The van der Waals surface area contributed by atoms with Crippen molar-refractivity contribution in [2.24, 2.45) is 7.05 Å². The van der Waals surface area contributed by atoms with E-state index in [1.54, 1.807) is 12.1 Å². The first-order valence-electron chi connectivity index (χ1n) is 7.79. The summed E-state index contributed by atoms with van der Waals surface area (Å²) in [6.45, 7) is 6.21. The van der Waals surface area contributed by atoms with Gasteiger partial charge in [0.1, 0.15) is 5.15 Å². The van der Waals surface area contributed by atoms with Gasteiger partial charge in [-0.3, -0.25) is 9.48 Å². The highest BCUT2D eigenvalue weighted by atomic mass is 35.5. The Bertz CT molecular complexity index is 831. The van der Waals surface area contributed by atoms with E-state index < -0.39 is 17.8 Å². The van der Waals surface area contributed by atoms with Crippen LogP contribution in [-0.2, 0) is 23.4 Å². The van der Waals surface area contributed by atoms with E-state index in [1.807, 2.05) is 12.1 Å². The monoisotopic (exact) mass is 385 g/mol. The Morgan fingerprint density at radius 2 is 1.77 bits per heavy atom. The molecular formula is C18H19ClF3N3O. The van der Waals surface area contributed by atoms with Gasteiger partial charge in [0.2, 0.25) is 5.91 Å². The number of hydrogen-bond acceptors (Lipinski definition) is 2. The molecule has 0 aliphatic carbocycles. The highest BCUT2D eigenvalue weighted by molar-refractivity contribution is 6.31. The van der Waals surface area contributed by atoms with Gasteiger partial charge in [-0.05, 0) is 29.2 Å². The van der Waals surface area contributed by atoms with Gasteiger partial charge in [-0.25, -0.2) is 0 Å². The van der Waals surface area contributed by atoms with Gasteiger partial charge in [-0.2, -0.15) is 18.3 Å². The van der Waals surface area contributed by atoms with Crippen LogP contribution in [0.3, 0.4) is 0 Å². The Labute approximate surface area is 154 Å². The molecule has 1 N–H and O–H groups in total. The summed E-state index contributed by atoms with van der Waals surface area (Å²) in [4.78, 5) is 12.0. The summed E-state index contributed by atoms with van der Waals surface area (Å²) in [6.07, 6.45) is -2.66. The fraction of sp³-hybridized carbons (Fsp3) is 0.333. The van der Waals surface area contributed by atoms with Gasteiger partial charge in [-0.15, -0.1) is 0 Å². The van der Waals surface area contributed by atoms with E-state index >= 15 is 0 Å². The predicted octanol–water partition coefficient (Wildman–Crippen LogP) is 5.04. The van der Waals surface area contributed by atoms with Gasteiger partial charge in [0.15, 0.2) is 5.69 Å². The number of carbonyl (C=O) groups is 1. The van der Waals surface area contributed by atoms with Crippen molar-refractivity contribution >= 4 is 29.3 Å². The SMILES string of the molecule is Cn1nc(C(F)(F)F)c(C=CC(=O)Nc2ccc(C(C)(C)C)cc2)c1Cl. The molecule has 0 aliphatic rings. The van der Waals surface area contributed by atoms with Crippen molar-refractivity contribution in [3.05, 3.63) is 52.3 Å². The van der Waals surface area contributed by atoms with Gasteiger partial charge in [-0.1, -0.05) is 44.5 Å².